The molecule has 12 heteroatoms. The van der Waals surface area contributed by atoms with Gasteiger partial charge in [-0.15, -0.1) is 0 Å². The molecule has 0 aliphatic carbocycles. The van der Waals surface area contributed by atoms with Gasteiger partial charge in [0.1, 0.15) is 5.02 Å². The first-order valence-electron chi connectivity index (χ1n) is 12.3. The van der Waals surface area contributed by atoms with Crippen molar-refractivity contribution >= 4 is 56.2 Å². The van der Waals surface area contributed by atoms with Crippen molar-refractivity contribution in [3.63, 3.8) is 0 Å². The van der Waals surface area contributed by atoms with Crippen molar-refractivity contribution in [1.29, 1.82) is 0 Å². The number of likely N-dealkylation sites (N-methyl/N-ethyl adjacent to an activating group) is 1. The van der Waals surface area contributed by atoms with Crippen LogP contribution in [-0.4, -0.2) is 79.1 Å². The summed E-state index contributed by atoms with van der Waals surface area (Å²) in [4.78, 5) is 25.8. The minimum absolute atomic E-state index is 0.0732. The Kier molecular flexibility index (Phi) is 8.83. The number of hydrogen-bond acceptors (Lipinski definition) is 9. The van der Waals surface area contributed by atoms with E-state index < -0.39 is 15.1 Å². The van der Waals surface area contributed by atoms with Crippen molar-refractivity contribution in [2.75, 3.05) is 55.7 Å². The molecule has 0 atom stereocenters. The van der Waals surface area contributed by atoms with Crippen molar-refractivity contribution in [2.45, 2.75) is 24.0 Å². The number of amides is 1. The fraction of sp³-hybridized carbons (Fsp3) is 0.346. The maximum atomic E-state index is 12.8. The first-order chi connectivity index (χ1) is 18.1. The molecule has 0 bridgehead atoms. The molecule has 1 aliphatic heterocycles. The quantitative estimate of drug-likeness (QED) is 0.359. The Morgan fingerprint density at radius 1 is 1.03 bits per heavy atom. The number of benzene rings is 2. The molecule has 1 aliphatic rings. The van der Waals surface area contributed by atoms with Gasteiger partial charge in [-0.25, -0.2) is 13.4 Å². The number of hydrogen-bond donors (Lipinski definition) is 3. The molecule has 1 saturated heterocycles. The zero-order valence-corrected chi connectivity index (χ0v) is 23.2. The van der Waals surface area contributed by atoms with Crippen LogP contribution in [0.15, 0.2) is 59.6 Å². The molecule has 10 nitrogen and oxygen atoms in total. The number of nitrogens with one attached hydrogen (secondary N) is 3. The third-order valence-electron chi connectivity index (χ3n) is 6.18. The van der Waals surface area contributed by atoms with Crippen LogP contribution < -0.4 is 16.0 Å². The van der Waals surface area contributed by atoms with Crippen molar-refractivity contribution in [2.24, 2.45) is 0 Å². The van der Waals surface area contributed by atoms with Gasteiger partial charge in [0.15, 0.2) is 15.7 Å². The summed E-state index contributed by atoms with van der Waals surface area (Å²) >= 11 is 6.33. The van der Waals surface area contributed by atoms with Gasteiger partial charge >= 0.3 is 0 Å². The van der Waals surface area contributed by atoms with E-state index in [2.05, 4.69) is 42.8 Å². The monoisotopic (exact) mass is 557 g/mol. The van der Waals surface area contributed by atoms with E-state index in [0.717, 1.165) is 26.2 Å². The third-order valence-corrected chi connectivity index (χ3v) is 8.66. The van der Waals surface area contributed by atoms with Crippen LogP contribution in [0.25, 0.3) is 0 Å². The zero-order valence-electron chi connectivity index (χ0n) is 21.6. The molecule has 0 saturated carbocycles. The van der Waals surface area contributed by atoms with Gasteiger partial charge in [-0.1, -0.05) is 29.8 Å². The summed E-state index contributed by atoms with van der Waals surface area (Å²) in [7, 11) is -1.45. The number of sulfone groups is 1. The first kappa shape index (κ1) is 27.8. The van der Waals surface area contributed by atoms with E-state index in [0.29, 0.717) is 23.6 Å². The fourth-order valence-electron chi connectivity index (χ4n) is 3.93. The standard InChI is InChI=1S/C26H32ClN7O3S/c1-18(2)38(36,37)23-10-5-4-9-22(23)31-25-21(27)16-28-26(32-25)30-20-8-6-7-19(15-20)29-24(35)17-34-13-11-33(3)12-14-34/h4-10,15-16,18H,11-14,17H2,1-3H3,(H,29,35)(H2,28,30,31,32). The zero-order chi connectivity index (χ0) is 27.3. The Balaban J connectivity index is 1.46. The van der Waals surface area contributed by atoms with E-state index in [1.54, 1.807) is 44.2 Å². The number of halogens is 1. The molecule has 2 heterocycles. The second-order valence-electron chi connectivity index (χ2n) is 9.44. The second-order valence-corrected chi connectivity index (χ2v) is 12.3. The normalized spacial score (nSPS) is 14.9. The predicted molar refractivity (Wildman–Crippen MR) is 151 cm³/mol. The molecule has 1 aromatic heterocycles. The number of piperazine rings is 1. The van der Waals surface area contributed by atoms with E-state index in [1.165, 1.54) is 6.20 Å². The van der Waals surface area contributed by atoms with Crippen LogP contribution in [0.3, 0.4) is 0 Å². The molecule has 0 radical (unpaired) electrons. The van der Waals surface area contributed by atoms with Crippen LogP contribution in [0.4, 0.5) is 28.8 Å². The number of aromatic nitrogens is 2. The Hall–Kier alpha value is -3.25. The van der Waals surface area contributed by atoms with E-state index in [4.69, 9.17) is 11.6 Å². The smallest absolute Gasteiger partial charge is 0.238 e. The summed E-state index contributed by atoms with van der Waals surface area (Å²) in [6, 6.07) is 13.9. The fourth-order valence-corrected chi connectivity index (χ4v) is 5.27. The van der Waals surface area contributed by atoms with Crippen LogP contribution in [0, 0.1) is 0 Å². The van der Waals surface area contributed by atoms with Gasteiger partial charge in [0.2, 0.25) is 11.9 Å². The molecular weight excluding hydrogens is 526 g/mol. The average Bonchev–Trinajstić information content (AvgIpc) is 2.88. The van der Waals surface area contributed by atoms with Crippen LogP contribution in [0.1, 0.15) is 13.8 Å². The van der Waals surface area contributed by atoms with Crippen molar-refractivity contribution in [3.05, 3.63) is 59.8 Å². The molecule has 0 unspecified atom stereocenters. The van der Waals surface area contributed by atoms with Crippen molar-refractivity contribution in [1.82, 2.24) is 19.8 Å². The number of rotatable bonds is 9. The number of carbonyl (C=O) groups is 1. The summed E-state index contributed by atoms with van der Waals surface area (Å²) in [5, 5.41) is 8.75. The van der Waals surface area contributed by atoms with Crippen molar-refractivity contribution < 1.29 is 13.2 Å². The van der Waals surface area contributed by atoms with Crippen LogP contribution >= 0.6 is 11.6 Å². The minimum atomic E-state index is -3.53. The Morgan fingerprint density at radius 3 is 2.47 bits per heavy atom. The molecule has 202 valence electrons. The third kappa shape index (κ3) is 6.98. The number of nitrogens with zero attached hydrogens (tertiary/aromatic N) is 4. The van der Waals surface area contributed by atoms with E-state index in [1.807, 2.05) is 18.2 Å². The summed E-state index contributed by atoms with van der Waals surface area (Å²) in [5.74, 6) is 0.435. The summed E-state index contributed by atoms with van der Waals surface area (Å²) in [5.41, 5.74) is 1.69. The maximum absolute atomic E-state index is 12.8. The maximum Gasteiger partial charge on any atom is 0.238 e. The van der Waals surface area contributed by atoms with E-state index in [9.17, 15) is 13.2 Å². The van der Waals surface area contributed by atoms with Gasteiger partial charge in [-0.3, -0.25) is 9.69 Å². The Bertz CT molecular complexity index is 1390. The Morgan fingerprint density at radius 2 is 1.74 bits per heavy atom. The molecule has 38 heavy (non-hydrogen) atoms. The highest BCUT2D eigenvalue weighted by atomic mass is 35.5. The molecule has 4 rings (SSSR count). The molecule has 3 aromatic rings. The summed E-state index contributed by atoms with van der Waals surface area (Å²) in [6.45, 7) is 7.24. The lowest BCUT2D eigenvalue weighted by Crippen LogP contribution is -2.47. The van der Waals surface area contributed by atoms with Gasteiger partial charge in [-0.2, -0.15) is 4.98 Å². The molecule has 1 fully saturated rings. The van der Waals surface area contributed by atoms with Crippen LogP contribution in [0.2, 0.25) is 5.02 Å². The van der Waals surface area contributed by atoms with E-state index >= 15 is 0 Å². The van der Waals surface area contributed by atoms with Crippen LogP contribution in [0.5, 0.6) is 0 Å². The Labute approximate surface area is 228 Å². The van der Waals surface area contributed by atoms with Gasteiger partial charge in [-0.05, 0) is 51.2 Å². The molecule has 2 aromatic carbocycles. The predicted octanol–water partition coefficient (Wildman–Crippen LogP) is 3.99. The minimum Gasteiger partial charge on any atom is -0.338 e. The van der Waals surface area contributed by atoms with Crippen LogP contribution in [-0.2, 0) is 14.6 Å². The molecule has 0 spiro atoms. The van der Waals surface area contributed by atoms with Crippen molar-refractivity contribution in [3.8, 4) is 0 Å². The van der Waals surface area contributed by atoms with Gasteiger partial charge < -0.3 is 20.9 Å². The number of anilines is 5. The largest absolute Gasteiger partial charge is 0.338 e. The summed E-state index contributed by atoms with van der Waals surface area (Å²) < 4.78 is 25.6. The molecule has 3 N–H and O–H groups in total. The average molecular weight is 558 g/mol. The number of carbonyl (C=O) groups excluding carboxylic acids is 1. The lowest BCUT2D eigenvalue weighted by atomic mass is 10.2. The lowest BCUT2D eigenvalue weighted by molar-refractivity contribution is -0.117. The van der Waals surface area contributed by atoms with Gasteiger partial charge in [0.25, 0.3) is 0 Å². The van der Waals surface area contributed by atoms with E-state index in [-0.39, 0.29) is 27.6 Å². The summed E-state index contributed by atoms with van der Waals surface area (Å²) in [6.07, 6.45) is 1.43. The second kappa shape index (κ2) is 12.1. The highest BCUT2D eigenvalue weighted by Gasteiger charge is 2.23. The highest BCUT2D eigenvalue weighted by Crippen LogP contribution is 2.30. The molecule has 1 amide bonds. The lowest BCUT2D eigenvalue weighted by Gasteiger charge is -2.31. The number of para-hydroxylation sites is 1. The topological polar surface area (TPSA) is 120 Å². The SMILES string of the molecule is CC(C)S(=O)(=O)c1ccccc1Nc1nc(Nc2cccc(NC(=O)CN3CCN(C)CC3)c2)ncc1Cl. The first-order valence-corrected chi connectivity index (χ1v) is 14.2. The van der Waals surface area contributed by atoms with Gasteiger partial charge in [0.05, 0.1) is 28.6 Å². The highest BCUT2D eigenvalue weighted by molar-refractivity contribution is 7.92. The molecular formula is C26H32ClN7O3S. The van der Waals surface area contributed by atoms with Gasteiger partial charge in [0, 0.05) is 37.6 Å².